The molecule has 112 valence electrons. The van der Waals surface area contributed by atoms with Crippen LogP contribution in [0.25, 0.3) is 0 Å². The summed E-state index contributed by atoms with van der Waals surface area (Å²) in [7, 11) is 0. The first-order valence-electron chi connectivity index (χ1n) is 6.22. The maximum absolute atomic E-state index is 5.96. The predicted octanol–water partition coefficient (Wildman–Crippen LogP) is 3.96. The van der Waals surface area contributed by atoms with Crippen LogP contribution in [0.15, 0.2) is 35.0 Å². The molecular formula is C13H10Cl2N6O. The molecule has 0 saturated carbocycles. The van der Waals surface area contributed by atoms with Gasteiger partial charge in [0.1, 0.15) is 5.76 Å². The lowest BCUT2D eigenvalue weighted by Gasteiger charge is -2.06. The number of halogens is 2. The van der Waals surface area contributed by atoms with Gasteiger partial charge in [0.25, 0.3) is 0 Å². The normalized spacial score (nSPS) is 10.5. The standard InChI is InChI=1S/C13H10Cl2N6O/c1-7-4-11(21-22-7)18-12-6-16-20-13(19-12)17-8-2-3-9(14)10(15)5-8/h2-6H,1H3,(H2,17,18,19,20,21). The molecular weight excluding hydrogens is 327 g/mol. The van der Waals surface area contributed by atoms with Crippen LogP contribution in [-0.2, 0) is 0 Å². The van der Waals surface area contributed by atoms with Crippen molar-refractivity contribution in [2.24, 2.45) is 0 Å². The molecule has 1 aromatic carbocycles. The van der Waals surface area contributed by atoms with Crippen LogP contribution in [0.2, 0.25) is 10.0 Å². The lowest BCUT2D eigenvalue weighted by Crippen LogP contribution is -2.02. The second kappa shape index (κ2) is 6.17. The van der Waals surface area contributed by atoms with Crippen LogP contribution in [-0.4, -0.2) is 20.3 Å². The summed E-state index contributed by atoms with van der Waals surface area (Å²) >= 11 is 11.8. The Morgan fingerprint density at radius 3 is 2.64 bits per heavy atom. The molecule has 7 nitrogen and oxygen atoms in total. The largest absolute Gasteiger partial charge is 0.360 e. The van der Waals surface area contributed by atoms with Gasteiger partial charge in [0.2, 0.25) is 5.95 Å². The average Bonchev–Trinajstić information content (AvgIpc) is 2.89. The molecule has 0 radical (unpaired) electrons. The van der Waals surface area contributed by atoms with Crippen molar-refractivity contribution in [2.45, 2.75) is 6.92 Å². The maximum atomic E-state index is 5.96. The zero-order valence-electron chi connectivity index (χ0n) is 11.3. The summed E-state index contributed by atoms with van der Waals surface area (Å²) in [6.07, 6.45) is 1.48. The van der Waals surface area contributed by atoms with E-state index in [9.17, 15) is 0 Å². The van der Waals surface area contributed by atoms with E-state index >= 15 is 0 Å². The van der Waals surface area contributed by atoms with Crippen LogP contribution in [0.3, 0.4) is 0 Å². The third-order valence-corrected chi connectivity index (χ3v) is 3.36. The average molecular weight is 337 g/mol. The Hall–Kier alpha value is -2.38. The summed E-state index contributed by atoms with van der Waals surface area (Å²) in [5.41, 5.74) is 0.700. The predicted molar refractivity (Wildman–Crippen MR) is 84.1 cm³/mol. The fourth-order valence-corrected chi connectivity index (χ4v) is 1.97. The van der Waals surface area contributed by atoms with Crippen molar-refractivity contribution < 1.29 is 4.52 Å². The Balaban J connectivity index is 1.77. The van der Waals surface area contributed by atoms with Gasteiger partial charge in [-0.15, -0.1) is 5.10 Å². The fraction of sp³-hybridized carbons (Fsp3) is 0.0769. The molecule has 0 fully saturated rings. The monoisotopic (exact) mass is 336 g/mol. The molecule has 9 heteroatoms. The Morgan fingerprint density at radius 2 is 1.91 bits per heavy atom. The van der Waals surface area contributed by atoms with Crippen LogP contribution in [0.4, 0.5) is 23.3 Å². The molecule has 0 aliphatic rings. The van der Waals surface area contributed by atoms with E-state index in [0.29, 0.717) is 39.1 Å². The molecule has 0 aliphatic carbocycles. The van der Waals surface area contributed by atoms with Gasteiger partial charge in [-0.05, 0) is 25.1 Å². The van der Waals surface area contributed by atoms with Crippen LogP contribution in [0, 0.1) is 6.92 Å². The van der Waals surface area contributed by atoms with Gasteiger partial charge in [0, 0.05) is 11.8 Å². The van der Waals surface area contributed by atoms with Gasteiger partial charge in [-0.25, -0.2) is 0 Å². The van der Waals surface area contributed by atoms with E-state index in [1.54, 1.807) is 31.2 Å². The summed E-state index contributed by atoms with van der Waals surface area (Å²) in [5.74, 6) is 2.02. The topological polar surface area (TPSA) is 88.8 Å². The number of anilines is 4. The smallest absolute Gasteiger partial charge is 0.249 e. The third kappa shape index (κ3) is 3.44. The molecule has 2 N–H and O–H groups in total. The molecule has 2 heterocycles. The first-order valence-corrected chi connectivity index (χ1v) is 6.98. The highest BCUT2D eigenvalue weighted by molar-refractivity contribution is 6.42. The first-order chi connectivity index (χ1) is 10.6. The van der Waals surface area contributed by atoms with Gasteiger partial charge in [0.05, 0.1) is 16.2 Å². The number of nitrogens with zero attached hydrogens (tertiary/aromatic N) is 4. The molecule has 3 aromatic rings. The van der Waals surface area contributed by atoms with Crippen molar-refractivity contribution in [3.8, 4) is 0 Å². The molecule has 0 amide bonds. The quantitative estimate of drug-likeness (QED) is 0.745. The van der Waals surface area contributed by atoms with E-state index < -0.39 is 0 Å². The van der Waals surface area contributed by atoms with E-state index in [4.69, 9.17) is 27.7 Å². The zero-order valence-corrected chi connectivity index (χ0v) is 12.9. The van der Waals surface area contributed by atoms with Gasteiger partial charge < -0.3 is 15.2 Å². The van der Waals surface area contributed by atoms with Crippen molar-refractivity contribution in [3.05, 3.63) is 46.3 Å². The number of aromatic nitrogens is 4. The highest BCUT2D eigenvalue weighted by atomic mass is 35.5. The minimum Gasteiger partial charge on any atom is -0.360 e. The van der Waals surface area contributed by atoms with Crippen molar-refractivity contribution in [1.82, 2.24) is 20.3 Å². The van der Waals surface area contributed by atoms with Crippen molar-refractivity contribution in [1.29, 1.82) is 0 Å². The Labute approximate surface area is 135 Å². The maximum Gasteiger partial charge on any atom is 0.249 e. The van der Waals surface area contributed by atoms with Gasteiger partial charge in [0.15, 0.2) is 11.6 Å². The van der Waals surface area contributed by atoms with E-state index in [2.05, 4.69) is 31.0 Å². The van der Waals surface area contributed by atoms with Gasteiger partial charge in [-0.1, -0.05) is 28.4 Å². The van der Waals surface area contributed by atoms with Crippen molar-refractivity contribution in [2.75, 3.05) is 10.6 Å². The number of hydrogen-bond acceptors (Lipinski definition) is 7. The summed E-state index contributed by atoms with van der Waals surface area (Å²) in [4.78, 5) is 4.27. The summed E-state index contributed by atoms with van der Waals surface area (Å²) in [6.45, 7) is 1.80. The van der Waals surface area contributed by atoms with Gasteiger partial charge in [-0.2, -0.15) is 10.1 Å². The zero-order chi connectivity index (χ0) is 15.5. The summed E-state index contributed by atoms with van der Waals surface area (Å²) < 4.78 is 4.97. The Morgan fingerprint density at radius 1 is 1.05 bits per heavy atom. The van der Waals surface area contributed by atoms with Crippen molar-refractivity contribution >= 4 is 46.5 Å². The summed E-state index contributed by atoms with van der Waals surface area (Å²) in [5, 5.41) is 18.5. The molecule has 0 spiro atoms. The Bertz CT molecular complexity index is 807. The van der Waals surface area contributed by atoms with E-state index in [-0.39, 0.29) is 0 Å². The first kappa shape index (κ1) is 14.6. The van der Waals surface area contributed by atoms with Crippen LogP contribution in [0.5, 0.6) is 0 Å². The van der Waals surface area contributed by atoms with Crippen molar-refractivity contribution in [3.63, 3.8) is 0 Å². The van der Waals surface area contributed by atoms with Gasteiger partial charge >= 0.3 is 0 Å². The van der Waals surface area contributed by atoms with E-state index in [0.717, 1.165) is 0 Å². The Kier molecular flexibility index (Phi) is 4.08. The second-order valence-corrected chi connectivity index (χ2v) is 5.18. The van der Waals surface area contributed by atoms with Crippen LogP contribution < -0.4 is 10.6 Å². The van der Waals surface area contributed by atoms with Crippen LogP contribution >= 0.6 is 23.2 Å². The fourth-order valence-electron chi connectivity index (χ4n) is 1.68. The van der Waals surface area contributed by atoms with E-state index in [1.165, 1.54) is 6.20 Å². The number of rotatable bonds is 4. The SMILES string of the molecule is Cc1cc(Nc2cnnc(Nc3ccc(Cl)c(Cl)c3)n2)no1. The lowest BCUT2D eigenvalue weighted by atomic mass is 10.3. The number of hydrogen-bond donors (Lipinski definition) is 2. The van der Waals surface area contributed by atoms with Crippen LogP contribution in [0.1, 0.15) is 5.76 Å². The number of benzene rings is 1. The number of aryl methyl sites for hydroxylation is 1. The minimum atomic E-state index is 0.309. The molecule has 0 saturated heterocycles. The molecule has 0 unspecified atom stereocenters. The van der Waals surface area contributed by atoms with E-state index in [1.807, 2.05) is 0 Å². The minimum absolute atomic E-state index is 0.309. The molecule has 22 heavy (non-hydrogen) atoms. The molecule has 2 aromatic heterocycles. The highest BCUT2D eigenvalue weighted by Crippen LogP contribution is 2.26. The second-order valence-electron chi connectivity index (χ2n) is 4.37. The summed E-state index contributed by atoms with van der Waals surface area (Å²) in [6, 6.07) is 6.86. The molecule has 0 atom stereocenters. The lowest BCUT2D eigenvalue weighted by molar-refractivity contribution is 0.400. The highest BCUT2D eigenvalue weighted by Gasteiger charge is 2.06. The molecule has 0 bridgehead atoms. The molecule has 0 aliphatic heterocycles. The number of nitrogens with one attached hydrogen (secondary N) is 2. The molecule has 3 rings (SSSR count). The van der Waals surface area contributed by atoms with Gasteiger partial charge in [-0.3, -0.25) is 0 Å². The third-order valence-electron chi connectivity index (χ3n) is 2.62.